The quantitative estimate of drug-likeness (QED) is 0.865. The van der Waals surface area contributed by atoms with Crippen LogP contribution in [0.3, 0.4) is 0 Å². The Morgan fingerprint density at radius 2 is 2.04 bits per heavy atom. The van der Waals surface area contributed by atoms with Crippen LogP contribution < -0.4 is 0 Å². The third-order valence-electron chi connectivity index (χ3n) is 4.54. The van der Waals surface area contributed by atoms with Crippen molar-refractivity contribution in [3.8, 4) is 0 Å². The van der Waals surface area contributed by atoms with Crippen LogP contribution in [0, 0.1) is 11.6 Å². The van der Waals surface area contributed by atoms with E-state index in [1.165, 1.54) is 5.56 Å². The molecule has 0 radical (unpaired) electrons. The van der Waals surface area contributed by atoms with Gasteiger partial charge in [-0.25, -0.2) is 8.78 Å². The molecule has 1 aliphatic heterocycles. The number of rotatable bonds is 6. The van der Waals surface area contributed by atoms with E-state index in [1.54, 1.807) is 23.5 Å². The number of benzene rings is 1. The van der Waals surface area contributed by atoms with Gasteiger partial charge < -0.3 is 5.11 Å². The predicted octanol–water partition coefficient (Wildman–Crippen LogP) is 3.10. The average Bonchev–Trinajstić information content (AvgIpc) is 3.08. The number of piperazine rings is 1. The lowest BCUT2D eigenvalue weighted by Crippen LogP contribution is -2.52. The van der Waals surface area contributed by atoms with Crippen molar-refractivity contribution in [2.75, 3.05) is 26.2 Å². The molecular weight excluding hydrogens is 330 g/mol. The first-order valence-electron chi connectivity index (χ1n) is 8.18. The Hall–Kier alpha value is -1.34. The molecule has 3 nitrogen and oxygen atoms in total. The summed E-state index contributed by atoms with van der Waals surface area (Å²) in [6.07, 6.45) is 0.687. The van der Waals surface area contributed by atoms with Crippen molar-refractivity contribution in [1.29, 1.82) is 0 Å². The van der Waals surface area contributed by atoms with Crippen molar-refractivity contribution in [1.82, 2.24) is 9.80 Å². The van der Waals surface area contributed by atoms with Crippen LogP contribution in [-0.2, 0) is 13.1 Å². The van der Waals surface area contributed by atoms with Crippen molar-refractivity contribution in [3.05, 3.63) is 57.8 Å². The highest BCUT2D eigenvalue weighted by molar-refractivity contribution is 7.07. The Balaban J connectivity index is 1.64. The summed E-state index contributed by atoms with van der Waals surface area (Å²) in [5.74, 6) is -1.55. The summed E-state index contributed by atoms with van der Waals surface area (Å²) in [4.78, 5) is 4.51. The third kappa shape index (κ3) is 4.19. The molecule has 24 heavy (non-hydrogen) atoms. The Kier molecular flexibility index (Phi) is 5.94. The minimum Gasteiger partial charge on any atom is -0.396 e. The lowest BCUT2D eigenvalue weighted by Gasteiger charge is -2.41. The van der Waals surface area contributed by atoms with Crippen LogP contribution in [0.5, 0.6) is 0 Å². The summed E-state index contributed by atoms with van der Waals surface area (Å²) in [7, 11) is 0. The third-order valence-corrected chi connectivity index (χ3v) is 5.27. The second-order valence-electron chi connectivity index (χ2n) is 6.22. The van der Waals surface area contributed by atoms with Crippen LogP contribution in [-0.4, -0.2) is 47.2 Å². The molecule has 1 N–H and O–H groups in total. The van der Waals surface area contributed by atoms with Crippen LogP contribution in [0.2, 0.25) is 0 Å². The normalized spacial score (nSPS) is 19.7. The summed E-state index contributed by atoms with van der Waals surface area (Å²) in [6.45, 7) is 3.82. The highest BCUT2D eigenvalue weighted by Crippen LogP contribution is 2.20. The van der Waals surface area contributed by atoms with Crippen molar-refractivity contribution >= 4 is 11.3 Å². The van der Waals surface area contributed by atoms with Crippen molar-refractivity contribution < 1.29 is 13.9 Å². The lowest BCUT2D eigenvalue weighted by atomic mass is 10.1. The number of hydrogen-bond donors (Lipinski definition) is 1. The zero-order valence-electron chi connectivity index (χ0n) is 13.5. The Bertz CT molecular complexity index is 650. The molecule has 0 bridgehead atoms. The summed E-state index contributed by atoms with van der Waals surface area (Å²) in [5.41, 5.74) is 1.68. The molecule has 0 unspecified atom stereocenters. The minimum absolute atomic E-state index is 0.132. The Morgan fingerprint density at radius 1 is 1.17 bits per heavy atom. The largest absolute Gasteiger partial charge is 0.396 e. The summed E-state index contributed by atoms with van der Waals surface area (Å²) >= 11 is 1.68. The topological polar surface area (TPSA) is 26.7 Å². The standard InChI is InChI=1S/C18H22F2N2OS/c19-17-3-1-2-15(18(17)20)11-21-6-7-22(16(12-21)4-8-23)10-14-5-9-24-13-14/h1-3,5,9,13,16,23H,4,6-8,10-12H2/t16-/m0/s1. The molecule has 1 atom stereocenters. The van der Waals surface area contributed by atoms with Crippen LogP contribution >= 0.6 is 11.3 Å². The molecule has 1 saturated heterocycles. The smallest absolute Gasteiger partial charge is 0.163 e. The first-order valence-corrected chi connectivity index (χ1v) is 9.13. The first kappa shape index (κ1) is 17.5. The number of hydrogen-bond acceptors (Lipinski definition) is 4. The number of halogens is 2. The zero-order valence-corrected chi connectivity index (χ0v) is 14.3. The molecule has 1 aromatic heterocycles. The SMILES string of the molecule is OCC[C@H]1CN(Cc2cccc(F)c2F)CCN1Cc1ccsc1. The maximum atomic E-state index is 13.9. The summed E-state index contributed by atoms with van der Waals surface area (Å²) in [6, 6.07) is 6.67. The number of aliphatic hydroxyl groups is 1. The molecule has 2 heterocycles. The van der Waals surface area contributed by atoms with E-state index in [-0.39, 0.29) is 12.6 Å². The molecule has 0 saturated carbocycles. The van der Waals surface area contributed by atoms with Gasteiger partial charge in [0.25, 0.3) is 0 Å². The maximum absolute atomic E-state index is 13.9. The molecular formula is C18H22F2N2OS. The Labute approximate surface area is 145 Å². The van der Waals surface area contributed by atoms with Gasteiger partial charge in [0.1, 0.15) is 0 Å². The fraction of sp³-hybridized carbons (Fsp3) is 0.444. The number of nitrogens with zero attached hydrogens (tertiary/aromatic N) is 2. The molecule has 0 spiro atoms. The molecule has 130 valence electrons. The molecule has 0 amide bonds. The van der Waals surface area contributed by atoms with Gasteiger partial charge in [0.15, 0.2) is 11.6 Å². The molecule has 1 aliphatic rings. The lowest BCUT2D eigenvalue weighted by molar-refractivity contribution is 0.0495. The minimum atomic E-state index is -0.796. The number of aliphatic hydroxyl groups excluding tert-OH is 1. The Morgan fingerprint density at radius 3 is 2.79 bits per heavy atom. The van der Waals surface area contributed by atoms with E-state index in [4.69, 9.17) is 0 Å². The monoisotopic (exact) mass is 352 g/mol. The fourth-order valence-corrected chi connectivity index (χ4v) is 3.92. The van der Waals surface area contributed by atoms with Crippen LogP contribution in [0.15, 0.2) is 35.0 Å². The maximum Gasteiger partial charge on any atom is 0.163 e. The predicted molar refractivity (Wildman–Crippen MR) is 91.9 cm³/mol. The van der Waals surface area contributed by atoms with E-state index in [9.17, 15) is 13.9 Å². The molecule has 0 aliphatic carbocycles. The van der Waals surface area contributed by atoms with Gasteiger partial charge in [-0.3, -0.25) is 9.80 Å². The van der Waals surface area contributed by atoms with Gasteiger partial charge in [-0.15, -0.1) is 0 Å². The molecule has 2 aromatic rings. The van der Waals surface area contributed by atoms with Crippen LogP contribution in [0.25, 0.3) is 0 Å². The van der Waals surface area contributed by atoms with E-state index in [1.807, 2.05) is 0 Å². The molecule has 3 rings (SSSR count). The highest BCUT2D eigenvalue weighted by atomic mass is 32.1. The van der Waals surface area contributed by atoms with Crippen molar-refractivity contribution in [2.45, 2.75) is 25.6 Å². The molecule has 6 heteroatoms. The van der Waals surface area contributed by atoms with Gasteiger partial charge in [0, 0.05) is 50.9 Å². The van der Waals surface area contributed by atoms with E-state index in [0.717, 1.165) is 32.2 Å². The van der Waals surface area contributed by atoms with Crippen LogP contribution in [0.1, 0.15) is 17.5 Å². The molecule has 1 aromatic carbocycles. The summed E-state index contributed by atoms with van der Waals surface area (Å²) < 4.78 is 27.3. The second-order valence-corrected chi connectivity index (χ2v) is 7.00. The van der Waals surface area contributed by atoms with Gasteiger partial charge in [-0.05, 0) is 34.9 Å². The van der Waals surface area contributed by atoms with Crippen LogP contribution in [0.4, 0.5) is 8.78 Å². The number of thiophene rings is 1. The van der Waals surface area contributed by atoms with E-state index in [0.29, 0.717) is 18.5 Å². The average molecular weight is 352 g/mol. The van der Waals surface area contributed by atoms with Gasteiger partial charge in [-0.1, -0.05) is 12.1 Å². The van der Waals surface area contributed by atoms with E-state index < -0.39 is 11.6 Å². The summed E-state index contributed by atoms with van der Waals surface area (Å²) in [5, 5.41) is 13.6. The highest BCUT2D eigenvalue weighted by Gasteiger charge is 2.27. The van der Waals surface area contributed by atoms with E-state index >= 15 is 0 Å². The molecule has 1 fully saturated rings. The second kappa shape index (κ2) is 8.16. The zero-order chi connectivity index (χ0) is 16.9. The van der Waals surface area contributed by atoms with Crippen molar-refractivity contribution in [2.24, 2.45) is 0 Å². The van der Waals surface area contributed by atoms with Gasteiger partial charge in [0.2, 0.25) is 0 Å². The van der Waals surface area contributed by atoms with Gasteiger partial charge in [0.05, 0.1) is 0 Å². The first-order chi connectivity index (χ1) is 11.7. The van der Waals surface area contributed by atoms with E-state index in [2.05, 4.69) is 26.6 Å². The van der Waals surface area contributed by atoms with Gasteiger partial charge in [-0.2, -0.15) is 11.3 Å². The van der Waals surface area contributed by atoms with Crippen molar-refractivity contribution in [3.63, 3.8) is 0 Å². The fourth-order valence-electron chi connectivity index (χ4n) is 3.26. The van der Waals surface area contributed by atoms with Gasteiger partial charge >= 0.3 is 0 Å².